The lowest BCUT2D eigenvalue weighted by Crippen LogP contribution is -2.50. The lowest BCUT2D eigenvalue weighted by atomic mass is 9.77. The molecule has 10 heteroatoms. The van der Waals surface area contributed by atoms with Crippen LogP contribution in [-0.2, 0) is 41.8 Å². The average molecular weight is 867 g/mol. The number of ether oxygens (including phenoxy) is 2. The molecule has 0 bridgehead atoms. The molecule has 6 heterocycles. The predicted molar refractivity (Wildman–Crippen MR) is 259 cm³/mol. The Labute approximate surface area is 383 Å². The molecule has 2 aromatic heterocycles. The van der Waals surface area contributed by atoms with Crippen molar-refractivity contribution in [3.63, 3.8) is 0 Å². The number of morpholine rings is 2. The van der Waals surface area contributed by atoms with Crippen LogP contribution < -0.4 is 9.80 Å². The molecule has 10 nitrogen and oxygen atoms in total. The second-order valence-electron chi connectivity index (χ2n) is 21.7. The van der Waals surface area contributed by atoms with Gasteiger partial charge in [0.25, 0.3) is 0 Å². The molecule has 342 valence electrons. The van der Waals surface area contributed by atoms with Crippen LogP contribution in [0.4, 0.5) is 11.4 Å². The van der Waals surface area contributed by atoms with Gasteiger partial charge in [0.15, 0.2) is 0 Å². The van der Waals surface area contributed by atoms with Crippen LogP contribution in [0.1, 0.15) is 122 Å². The van der Waals surface area contributed by atoms with Gasteiger partial charge in [-0.25, -0.2) is 0 Å². The fourth-order valence-corrected chi connectivity index (χ4v) is 12.7. The monoisotopic (exact) mass is 867 g/mol. The SMILES string of the molecule is CN1Cc2cc(C3CC[C@H](N(C)C[C@@H]4Cc5c(cccc5N5CCOC(C)(C)C5)CN4C)c4ncccc43)cc(N3CCOC(C)(C)C3)c2C[C@@H]1CN(C)[C@H]1CCCc2cccnc21. The maximum Gasteiger partial charge on any atom is 0.0801 e. The van der Waals surface area contributed by atoms with Gasteiger partial charge < -0.3 is 19.3 Å². The summed E-state index contributed by atoms with van der Waals surface area (Å²) < 4.78 is 12.4. The van der Waals surface area contributed by atoms with Crippen LogP contribution >= 0.6 is 0 Å². The zero-order valence-electron chi connectivity index (χ0n) is 40.2. The minimum atomic E-state index is -0.192. The number of aryl methyl sites for hydroxylation is 1. The van der Waals surface area contributed by atoms with Crippen molar-refractivity contribution in [2.45, 2.75) is 127 Å². The Bertz CT molecular complexity index is 2310. The molecule has 0 N–H and O–H groups in total. The Kier molecular flexibility index (Phi) is 12.2. The molecule has 2 aliphatic carbocycles. The first-order chi connectivity index (χ1) is 30.8. The molecule has 2 saturated heterocycles. The molecular weight excluding hydrogens is 793 g/mol. The lowest BCUT2D eigenvalue weighted by molar-refractivity contribution is -0.0280. The van der Waals surface area contributed by atoms with Gasteiger partial charge in [-0.3, -0.25) is 29.6 Å². The lowest BCUT2D eigenvalue weighted by Gasteiger charge is -2.44. The Morgan fingerprint density at radius 3 is 1.94 bits per heavy atom. The number of nitrogens with zero attached hydrogens (tertiary/aromatic N) is 8. The fraction of sp³-hybridized carbons (Fsp3) is 0.593. The Hall–Kier alpha value is -3.90. The molecule has 4 aromatic rings. The highest BCUT2D eigenvalue weighted by atomic mass is 16.5. The van der Waals surface area contributed by atoms with Gasteiger partial charge in [-0.1, -0.05) is 30.3 Å². The van der Waals surface area contributed by atoms with Crippen molar-refractivity contribution in [1.82, 2.24) is 29.6 Å². The zero-order chi connectivity index (χ0) is 44.3. The van der Waals surface area contributed by atoms with Crippen LogP contribution in [-0.4, -0.2) is 134 Å². The van der Waals surface area contributed by atoms with Crippen molar-refractivity contribution < 1.29 is 9.47 Å². The standard InChI is InChI=1S/C54H74N8O2/c1-53(2)35-61(23-25-63-53)47-17-10-14-38-31-57(5)41(29-45(38)47)34-60(8)49-20-19-43(44-16-12-22-56-52(44)49)39-27-40-32-58(6)42(30-46(40)50(28-39)62-24-26-64-54(3,4)36-62)33-59(7)48-18-9-13-37-15-11-21-55-51(37)48/h10-12,14-17,21-22,27-28,41-43,48-49H,9,13,18-20,23-26,29-36H2,1-8H3/t41-,42+,43?,48-,49-/m0/s1. The van der Waals surface area contributed by atoms with Gasteiger partial charge in [0, 0.05) is 94.1 Å². The van der Waals surface area contributed by atoms with E-state index in [0.717, 1.165) is 97.7 Å². The summed E-state index contributed by atoms with van der Waals surface area (Å²) in [6.07, 6.45) is 11.9. The highest BCUT2D eigenvalue weighted by Gasteiger charge is 2.39. The van der Waals surface area contributed by atoms with E-state index in [0.29, 0.717) is 24.0 Å². The predicted octanol–water partition coefficient (Wildman–Crippen LogP) is 8.03. The minimum absolute atomic E-state index is 0.136. The van der Waals surface area contributed by atoms with Crippen LogP contribution in [0.15, 0.2) is 67.0 Å². The Balaban J connectivity index is 0.906. The number of fused-ring (bicyclic) bond motifs is 4. The van der Waals surface area contributed by atoms with Crippen LogP contribution in [0.5, 0.6) is 0 Å². The molecule has 0 radical (unpaired) electrons. The zero-order valence-corrected chi connectivity index (χ0v) is 40.2. The average Bonchev–Trinajstić information content (AvgIpc) is 3.27. The Morgan fingerprint density at radius 2 is 1.25 bits per heavy atom. The number of rotatable bonds is 9. The third-order valence-corrected chi connectivity index (χ3v) is 16.0. The summed E-state index contributed by atoms with van der Waals surface area (Å²) in [5, 5.41) is 0. The van der Waals surface area contributed by atoms with Crippen molar-refractivity contribution in [3.05, 3.63) is 117 Å². The minimum Gasteiger partial charge on any atom is -0.372 e. The quantitative estimate of drug-likeness (QED) is 0.165. The van der Waals surface area contributed by atoms with E-state index in [9.17, 15) is 0 Å². The van der Waals surface area contributed by atoms with E-state index in [1.807, 2.05) is 12.4 Å². The molecular formula is C54H74N8O2. The number of benzene rings is 2. The summed E-state index contributed by atoms with van der Waals surface area (Å²) in [4.78, 5) is 25.8. The van der Waals surface area contributed by atoms with Gasteiger partial charge in [-0.2, -0.15) is 0 Å². The van der Waals surface area contributed by atoms with E-state index in [1.165, 1.54) is 69.0 Å². The summed E-state index contributed by atoms with van der Waals surface area (Å²) in [5.41, 5.74) is 15.4. The number of likely N-dealkylation sites (N-methyl/N-ethyl adjacent to an activating group) is 4. The van der Waals surface area contributed by atoms with Gasteiger partial charge in [-0.15, -0.1) is 0 Å². The van der Waals surface area contributed by atoms with Crippen molar-refractivity contribution in [2.24, 2.45) is 0 Å². The Morgan fingerprint density at radius 1 is 0.656 bits per heavy atom. The molecule has 2 aromatic carbocycles. The number of aromatic nitrogens is 2. The van der Waals surface area contributed by atoms with Crippen molar-refractivity contribution >= 4 is 11.4 Å². The van der Waals surface area contributed by atoms with E-state index < -0.39 is 0 Å². The van der Waals surface area contributed by atoms with E-state index in [2.05, 4.69) is 140 Å². The molecule has 0 saturated carbocycles. The smallest absolute Gasteiger partial charge is 0.0801 e. The van der Waals surface area contributed by atoms with E-state index in [-0.39, 0.29) is 17.2 Å². The first kappa shape index (κ1) is 44.0. The van der Waals surface area contributed by atoms with Crippen molar-refractivity contribution in [2.75, 3.05) is 90.5 Å². The van der Waals surface area contributed by atoms with Gasteiger partial charge in [0.05, 0.1) is 47.9 Å². The fourth-order valence-electron chi connectivity index (χ4n) is 12.7. The van der Waals surface area contributed by atoms with E-state index in [4.69, 9.17) is 19.4 Å². The van der Waals surface area contributed by atoms with E-state index in [1.54, 1.807) is 5.56 Å². The van der Waals surface area contributed by atoms with Gasteiger partial charge in [0.1, 0.15) is 0 Å². The molecule has 6 aliphatic rings. The van der Waals surface area contributed by atoms with Gasteiger partial charge >= 0.3 is 0 Å². The summed E-state index contributed by atoms with van der Waals surface area (Å²) >= 11 is 0. The number of hydrogen-bond acceptors (Lipinski definition) is 10. The number of hydrogen-bond donors (Lipinski definition) is 0. The maximum atomic E-state index is 6.31. The highest BCUT2D eigenvalue weighted by Crippen LogP contribution is 2.46. The summed E-state index contributed by atoms with van der Waals surface area (Å²) in [6.45, 7) is 18.2. The van der Waals surface area contributed by atoms with Gasteiger partial charge in [0.2, 0.25) is 0 Å². The molecule has 1 unspecified atom stereocenters. The van der Waals surface area contributed by atoms with Crippen LogP contribution in [0, 0.1) is 0 Å². The van der Waals surface area contributed by atoms with Crippen LogP contribution in [0.25, 0.3) is 0 Å². The second kappa shape index (κ2) is 17.7. The largest absolute Gasteiger partial charge is 0.372 e. The molecule has 10 rings (SSSR count). The highest BCUT2D eigenvalue weighted by molar-refractivity contribution is 5.62. The summed E-state index contributed by atoms with van der Waals surface area (Å²) in [7, 11) is 9.36. The van der Waals surface area contributed by atoms with Gasteiger partial charge in [-0.05, 0) is 164 Å². The molecule has 4 aliphatic heterocycles. The van der Waals surface area contributed by atoms with Crippen LogP contribution in [0.2, 0.25) is 0 Å². The van der Waals surface area contributed by atoms with E-state index >= 15 is 0 Å². The number of pyridine rings is 2. The molecule has 0 amide bonds. The summed E-state index contributed by atoms with van der Waals surface area (Å²) in [5.74, 6) is 0.309. The van der Waals surface area contributed by atoms with Crippen molar-refractivity contribution in [1.29, 1.82) is 0 Å². The molecule has 2 fully saturated rings. The van der Waals surface area contributed by atoms with Crippen LogP contribution in [0.3, 0.4) is 0 Å². The molecule has 64 heavy (non-hydrogen) atoms. The normalized spacial score (nSPS) is 26.9. The third kappa shape index (κ3) is 8.75. The first-order valence-corrected chi connectivity index (χ1v) is 24.5. The first-order valence-electron chi connectivity index (χ1n) is 24.5. The summed E-state index contributed by atoms with van der Waals surface area (Å²) in [6, 6.07) is 22.6. The molecule has 0 spiro atoms. The maximum absolute atomic E-state index is 6.31. The number of anilines is 2. The molecule has 5 atom stereocenters. The second-order valence-corrected chi connectivity index (χ2v) is 21.7. The topological polar surface area (TPSA) is 63.7 Å². The third-order valence-electron chi connectivity index (χ3n) is 16.0. The van der Waals surface area contributed by atoms with Crippen molar-refractivity contribution in [3.8, 4) is 0 Å².